The predicted octanol–water partition coefficient (Wildman–Crippen LogP) is 2.49. The van der Waals surface area contributed by atoms with Crippen LogP contribution < -0.4 is 10.1 Å². The van der Waals surface area contributed by atoms with Crippen LogP contribution in [0.2, 0.25) is 0 Å². The highest BCUT2D eigenvalue weighted by atomic mass is 16.6. The van der Waals surface area contributed by atoms with E-state index >= 15 is 0 Å². The van der Waals surface area contributed by atoms with Crippen LogP contribution in [0.5, 0.6) is 11.5 Å². The number of carbonyl (C=O) groups excluding carboxylic acids is 2. The van der Waals surface area contributed by atoms with Gasteiger partial charge >= 0.3 is 5.97 Å². The third-order valence-corrected chi connectivity index (χ3v) is 3.44. The van der Waals surface area contributed by atoms with Crippen LogP contribution in [-0.4, -0.2) is 35.1 Å². The summed E-state index contributed by atoms with van der Waals surface area (Å²) in [6.07, 6.45) is -1.26. The molecule has 0 heterocycles. The summed E-state index contributed by atoms with van der Waals surface area (Å²) in [7, 11) is 1.39. The van der Waals surface area contributed by atoms with Gasteiger partial charge in [0.25, 0.3) is 11.6 Å². The van der Waals surface area contributed by atoms with Crippen LogP contribution in [-0.2, 0) is 9.53 Å². The zero-order valence-electron chi connectivity index (χ0n) is 14.0. The Morgan fingerprint density at radius 3 is 2.58 bits per heavy atom. The minimum Gasteiger partial charge on any atom is -0.507 e. The molecular weight excluding hydrogens is 344 g/mol. The summed E-state index contributed by atoms with van der Waals surface area (Å²) in [4.78, 5) is 34.6. The summed E-state index contributed by atoms with van der Waals surface area (Å²) in [5.74, 6) is -1.70. The van der Waals surface area contributed by atoms with Gasteiger partial charge in [-0.2, -0.15) is 0 Å². The molecule has 2 rings (SSSR count). The molecule has 9 nitrogen and oxygen atoms in total. The molecule has 0 saturated heterocycles. The fraction of sp³-hybridized carbons (Fsp3) is 0.176. The zero-order valence-corrected chi connectivity index (χ0v) is 14.0. The Balaban J connectivity index is 2.10. The molecule has 0 spiro atoms. The number of anilines is 1. The zero-order chi connectivity index (χ0) is 19.3. The Morgan fingerprint density at radius 1 is 1.23 bits per heavy atom. The summed E-state index contributed by atoms with van der Waals surface area (Å²) >= 11 is 0. The Labute approximate surface area is 148 Å². The number of nitro benzene ring substituents is 1. The summed E-state index contributed by atoms with van der Waals surface area (Å²) in [5, 5.41) is 23.1. The molecule has 0 saturated carbocycles. The van der Waals surface area contributed by atoms with Crippen LogP contribution in [0.1, 0.15) is 17.3 Å². The number of hydrogen-bond donors (Lipinski definition) is 2. The lowest BCUT2D eigenvalue weighted by molar-refractivity contribution is -0.383. The van der Waals surface area contributed by atoms with Crippen molar-refractivity contribution in [2.24, 2.45) is 0 Å². The van der Waals surface area contributed by atoms with Crippen LogP contribution in [0.4, 0.5) is 11.4 Å². The highest BCUT2D eigenvalue weighted by Gasteiger charge is 2.23. The molecule has 9 heteroatoms. The lowest BCUT2D eigenvalue weighted by atomic mass is 10.2. The number of nitrogens with zero attached hydrogens (tertiary/aromatic N) is 1. The van der Waals surface area contributed by atoms with Gasteiger partial charge in [-0.15, -0.1) is 0 Å². The molecule has 1 amide bonds. The molecule has 26 heavy (non-hydrogen) atoms. The van der Waals surface area contributed by atoms with E-state index in [0.717, 1.165) is 0 Å². The summed E-state index contributed by atoms with van der Waals surface area (Å²) < 4.78 is 9.98. The van der Waals surface area contributed by atoms with Crippen molar-refractivity contribution in [3.05, 3.63) is 58.1 Å². The third-order valence-electron chi connectivity index (χ3n) is 3.44. The number of carbonyl (C=O) groups is 2. The number of ether oxygens (including phenoxy) is 2. The van der Waals surface area contributed by atoms with E-state index in [-0.39, 0.29) is 22.7 Å². The van der Waals surface area contributed by atoms with Gasteiger partial charge in [0.1, 0.15) is 22.7 Å². The van der Waals surface area contributed by atoms with Crippen LogP contribution in [0, 0.1) is 10.1 Å². The monoisotopic (exact) mass is 360 g/mol. The first-order valence-corrected chi connectivity index (χ1v) is 7.45. The number of methoxy groups -OCH3 is 1. The number of phenols is 1. The number of nitro groups is 1. The second-order valence-corrected chi connectivity index (χ2v) is 5.19. The molecule has 0 aliphatic heterocycles. The summed E-state index contributed by atoms with van der Waals surface area (Å²) in [5.41, 5.74) is -0.478. The molecule has 136 valence electrons. The second-order valence-electron chi connectivity index (χ2n) is 5.19. The van der Waals surface area contributed by atoms with Gasteiger partial charge in [0.2, 0.25) is 0 Å². The van der Waals surface area contributed by atoms with E-state index in [1.165, 1.54) is 56.5 Å². The van der Waals surface area contributed by atoms with Crippen molar-refractivity contribution in [2.45, 2.75) is 13.0 Å². The first-order chi connectivity index (χ1) is 12.3. The number of rotatable bonds is 6. The van der Waals surface area contributed by atoms with Gasteiger partial charge in [0, 0.05) is 6.07 Å². The van der Waals surface area contributed by atoms with E-state index in [0.29, 0.717) is 5.75 Å². The quantitative estimate of drug-likeness (QED) is 0.460. The molecule has 0 aliphatic rings. The van der Waals surface area contributed by atoms with Crippen LogP contribution in [0.3, 0.4) is 0 Å². The van der Waals surface area contributed by atoms with Crippen LogP contribution in [0.15, 0.2) is 42.5 Å². The standard InChI is InChI=1S/C17H16N2O7/c1-10(16(21)18-13-5-3-4-6-14(13)19(23)24)26-17(22)12-9-11(25-2)7-8-15(12)20/h3-10,20H,1-2H3,(H,18,21)/t10-/m0/s1. The van der Waals surface area contributed by atoms with Crippen molar-refractivity contribution >= 4 is 23.3 Å². The second kappa shape index (κ2) is 7.97. The minimum atomic E-state index is -1.26. The molecule has 0 fully saturated rings. The maximum Gasteiger partial charge on any atom is 0.342 e. The van der Waals surface area contributed by atoms with E-state index < -0.39 is 22.9 Å². The van der Waals surface area contributed by atoms with Gasteiger partial charge in [-0.1, -0.05) is 12.1 Å². The van der Waals surface area contributed by atoms with Crippen molar-refractivity contribution in [3.63, 3.8) is 0 Å². The highest BCUT2D eigenvalue weighted by molar-refractivity contribution is 5.99. The third kappa shape index (κ3) is 4.26. The fourth-order valence-corrected chi connectivity index (χ4v) is 2.06. The number of hydrogen-bond acceptors (Lipinski definition) is 7. The average Bonchev–Trinajstić information content (AvgIpc) is 2.62. The lowest BCUT2D eigenvalue weighted by Crippen LogP contribution is -2.30. The van der Waals surface area contributed by atoms with E-state index in [9.17, 15) is 24.8 Å². The van der Waals surface area contributed by atoms with Crippen molar-refractivity contribution in [2.75, 3.05) is 12.4 Å². The Hall–Kier alpha value is -3.62. The summed E-state index contributed by atoms with van der Waals surface area (Å²) in [6, 6.07) is 9.56. The molecule has 2 N–H and O–H groups in total. The van der Waals surface area contributed by atoms with E-state index in [2.05, 4.69) is 5.32 Å². The van der Waals surface area contributed by atoms with Gasteiger partial charge in [0.05, 0.1) is 12.0 Å². The fourth-order valence-electron chi connectivity index (χ4n) is 2.06. The van der Waals surface area contributed by atoms with Crippen molar-refractivity contribution in [1.82, 2.24) is 0 Å². The molecular formula is C17H16N2O7. The predicted molar refractivity (Wildman–Crippen MR) is 91.3 cm³/mol. The molecule has 0 unspecified atom stereocenters. The van der Waals surface area contributed by atoms with E-state index in [1.54, 1.807) is 0 Å². The maximum absolute atomic E-state index is 12.2. The number of aromatic hydroxyl groups is 1. The first-order valence-electron chi connectivity index (χ1n) is 7.45. The number of para-hydroxylation sites is 2. The van der Waals surface area contributed by atoms with Gasteiger partial charge in [-0.3, -0.25) is 14.9 Å². The number of amides is 1. The van der Waals surface area contributed by atoms with Crippen molar-refractivity contribution < 1.29 is 29.1 Å². The Kier molecular flexibility index (Phi) is 5.74. The van der Waals surface area contributed by atoms with Gasteiger partial charge in [0.15, 0.2) is 6.10 Å². The molecule has 0 aliphatic carbocycles. The molecule has 0 bridgehead atoms. The minimum absolute atomic E-state index is 0.0189. The number of nitrogens with one attached hydrogen (secondary N) is 1. The first kappa shape index (κ1) is 18.7. The Bertz CT molecular complexity index is 851. The molecule has 0 radical (unpaired) electrons. The largest absolute Gasteiger partial charge is 0.507 e. The molecule has 1 atom stereocenters. The topological polar surface area (TPSA) is 128 Å². The van der Waals surface area contributed by atoms with Gasteiger partial charge in [-0.05, 0) is 31.2 Å². The van der Waals surface area contributed by atoms with Crippen molar-refractivity contribution in [3.8, 4) is 11.5 Å². The number of phenolic OH excluding ortho intramolecular Hbond substituents is 1. The average molecular weight is 360 g/mol. The number of benzene rings is 2. The molecule has 0 aromatic heterocycles. The van der Waals surface area contributed by atoms with Gasteiger partial charge in [-0.25, -0.2) is 4.79 Å². The van der Waals surface area contributed by atoms with Gasteiger partial charge < -0.3 is 19.9 Å². The lowest BCUT2D eigenvalue weighted by Gasteiger charge is -2.14. The SMILES string of the molecule is COc1ccc(O)c(C(=O)O[C@@H](C)C(=O)Nc2ccccc2[N+](=O)[O-])c1. The van der Waals surface area contributed by atoms with E-state index in [1.807, 2.05) is 0 Å². The summed E-state index contributed by atoms with van der Waals surface area (Å²) in [6.45, 7) is 1.30. The highest BCUT2D eigenvalue weighted by Crippen LogP contribution is 2.25. The smallest absolute Gasteiger partial charge is 0.342 e. The Morgan fingerprint density at radius 2 is 1.92 bits per heavy atom. The normalized spacial score (nSPS) is 11.3. The van der Waals surface area contributed by atoms with E-state index in [4.69, 9.17) is 9.47 Å². The molecule has 2 aromatic rings. The number of esters is 1. The molecule has 2 aromatic carbocycles. The van der Waals surface area contributed by atoms with Crippen LogP contribution >= 0.6 is 0 Å². The van der Waals surface area contributed by atoms with Crippen LogP contribution in [0.25, 0.3) is 0 Å². The maximum atomic E-state index is 12.2. The van der Waals surface area contributed by atoms with Crippen molar-refractivity contribution in [1.29, 1.82) is 0 Å².